The fourth-order valence-electron chi connectivity index (χ4n) is 3.38. The van der Waals surface area contributed by atoms with Gasteiger partial charge in [-0.1, -0.05) is 35.9 Å². The molecule has 1 aliphatic heterocycles. The highest BCUT2D eigenvalue weighted by Crippen LogP contribution is 2.31. The molecule has 0 atom stereocenters. The molecule has 0 saturated carbocycles. The van der Waals surface area contributed by atoms with Gasteiger partial charge in [0.2, 0.25) is 5.90 Å². The predicted octanol–water partition coefficient (Wildman–Crippen LogP) is 5.23. The number of rotatable bonds is 8. The third kappa shape index (κ3) is 5.29. The summed E-state index contributed by atoms with van der Waals surface area (Å²) in [6.07, 6.45) is 1.59. The molecule has 1 aliphatic rings. The third-order valence-corrected chi connectivity index (χ3v) is 4.99. The molecule has 4 rings (SSSR count). The predicted molar refractivity (Wildman–Crippen MR) is 127 cm³/mol. The fourth-order valence-corrected chi connectivity index (χ4v) is 3.38. The van der Waals surface area contributed by atoms with E-state index in [9.17, 15) is 14.9 Å². The smallest absolute Gasteiger partial charge is 0.363 e. The normalized spacial score (nSPS) is 14.0. The molecule has 34 heavy (non-hydrogen) atoms. The van der Waals surface area contributed by atoms with Crippen LogP contribution in [0.4, 0.5) is 5.69 Å². The van der Waals surface area contributed by atoms with Crippen molar-refractivity contribution in [2.24, 2.45) is 4.99 Å². The van der Waals surface area contributed by atoms with Gasteiger partial charge in [0.25, 0.3) is 5.69 Å². The summed E-state index contributed by atoms with van der Waals surface area (Å²) in [7, 11) is 0. The lowest BCUT2D eigenvalue weighted by atomic mass is 10.1. The first-order chi connectivity index (χ1) is 16.4. The van der Waals surface area contributed by atoms with Gasteiger partial charge < -0.3 is 14.2 Å². The zero-order chi connectivity index (χ0) is 24.1. The SMILES string of the molecule is CCOc1cc(/C=C2\N=C(c3ccc([N+](=O)[O-])cc3)OC2=O)ccc1OCc1cccc(C)c1. The summed E-state index contributed by atoms with van der Waals surface area (Å²) < 4.78 is 17.0. The van der Waals surface area contributed by atoms with Crippen molar-refractivity contribution in [3.05, 3.63) is 105 Å². The molecule has 0 spiro atoms. The van der Waals surface area contributed by atoms with E-state index in [1.165, 1.54) is 24.3 Å². The molecule has 8 nitrogen and oxygen atoms in total. The van der Waals surface area contributed by atoms with Crippen molar-refractivity contribution in [1.29, 1.82) is 0 Å². The molecule has 0 unspecified atom stereocenters. The van der Waals surface area contributed by atoms with E-state index in [0.29, 0.717) is 35.8 Å². The molecule has 172 valence electrons. The number of cyclic esters (lactones) is 1. The topological polar surface area (TPSA) is 100 Å². The number of aryl methyl sites for hydroxylation is 1. The Morgan fingerprint density at radius 1 is 1.03 bits per heavy atom. The van der Waals surface area contributed by atoms with Gasteiger partial charge in [0.05, 0.1) is 11.5 Å². The molecule has 0 N–H and O–H groups in total. The number of benzene rings is 3. The molecule has 3 aromatic carbocycles. The summed E-state index contributed by atoms with van der Waals surface area (Å²) in [5.74, 6) is 0.630. The van der Waals surface area contributed by atoms with Crippen molar-refractivity contribution < 1.29 is 23.9 Å². The standard InChI is InChI=1S/C26H22N2O6/c1-3-32-24-15-18(7-12-23(24)33-16-19-6-4-5-17(2)13-19)14-22-26(29)34-25(27-22)20-8-10-21(11-9-20)28(30)31/h4-15H,3,16H2,1-2H3/b22-14-. The Morgan fingerprint density at radius 2 is 1.82 bits per heavy atom. The van der Waals surface area contributed by atoms with Gasteiger partial charge >= 0.3 is 5.97 Å². The maximum absolute atomic E-state index is 12.3. The minimum absolute atomic E-state index is 0.0578. The number of hydrogen-bond donors (Lipinski definition) is 0. The largest absolute Gasteiger partial charge is 0.490 e. The highest BCUT2D eigenvalue weighted by atomic mass is 16.6. The molecule has 8 heteroatoms. The molecular weight excluding hydrogens is 436 g/mol. The maximum Gasteiger partial charge on any atom is 0.363 e. The van der Waals surface area contributed by atoms with E-state index in [4.69, 9.17) is 14.2 Å². The molecule has 0 saturated heterocycles. The number of non-ortho nitro benzene ring substituents is 1. The van der Waals surface area contributed by atoms with Crippen LogP contribution in [-0.4, -0.2) is 23.4 Å². The first-order valence-corrected chi connectivity index (χ1v) is 10.7. The van der Waals surface area contributed by atoms with E-state index in [1.807, 2.05) is 32.0 Å². The molecule has 0 aromatic heterocycles. The minimum atomic E-state index is -0.605. The first kappa shape index (κ1) is 22.7. The number of aliphatic imine (C=N–C) groups is 1. The Morgan fingerprint density at radius 3 is 2.53 bits per heavy atom. The lowest BCUT2D eigenvalue weighted by Crippen LogP contribution is -2.05. The Balaban J connectivity index is 1.54. The van der Waals surface area contributed by atoms with Crippen LogP contribution in [0.3, 0.4) is 0 Å². The zero-order valence-electron chi connectivity index (χ0n) is 18.7. The van der Waals surface area contributed by atoms with Crippen molar-refractivity contribution in [2.75, 3.05) is 6.61 Å². The molecule has 0 bridgehead atoms. The zero-order valence-corrected chi connectivity index (χ0v) is 18.7. The van der Waals surface area contributed by atoms with Crippen LogP contribution in [0, 0.1) is 17.0 Å². The molecule has 0 aliphatic carbocycles. The number of carbonyl (C=O) groups is 1. The van der Waals surface area contributed by atoms with Crippen LogP contribution in [-0.2, 0) is 16.1 Å². The summed E-state index contributed by atoms with van der Waals surface area (Å²) in [6, 6.07) is 19.1. The summed E-state index contributed by atoms with van der Waals surface area (Å²) >= 11 is 0. The summed E-state index contributed by atoms with van der Waals surface area (Å²) in [4.78, 5) is 26.9. The number of esters is 1. The molecule has 1 heterocycles. The third-order valence-electron chi connectivity index (χ3n) is 4.99. The number of carbonyl (C=O) groups excluding carboxylic acids is 1. The van der Waals surface area contributed by atoms with Gasteiger partial charge in [-0.05, 0) is 55.3 Å². The average molecular weight is 458 g/mol. The van der Waals surface area contributed by atoms with Crippen molar-refractivity contribution in [1.82, 2.24) is 0 Å². The van der Waals surface area contributed by atoms with Crippen LogP contribution in [0.5, 0.6) is 11.5 Å². The first-order valence-electron chi connectivity index (χ1n) is 10.7. The second-order valence-corrected chi connectivity index (χ2v) is 7.56. The minimum Gasteiger partial charge on any atom is -0.490 e. The molecular formula is C26H22N2O6. The van der Waals surface area contributed by atoms with Crippen molar-refractivity contribution in [2.45, 2.75) is 20.5 Å². The highest BCUT2D eigenvalue weighted by molar-refractivity contribution is 6.12. The van der Waals surface area contributed by atoms with Gasteiger partial charge in [-0.2, -0.15) is 0 Å². The molecule has 0 radical (unpaired) electrons. The number of nitro groups is 1. The molecule has 3 aromatic rings. The van der Waals surface area contributed by atoms with Gasteiger partial charge in [0.15, 0.2) is 17.2 Å². The van der Waals surface area contributed by atoms with Crippen LogP contribution in [0.2, 0.25) is 0 Å². The van der Waals surface area contributed by atoms with E-state index >= 15 is 0 Å². The van der Waals surface area contributed by atoms with E-state index in [-0.39, 0.29) is 17.3 Å². The van der Waals surface area contributed by atoms with Crippen LogP contribution >= 0.6 is 0 Å². The Labute approximate surface area is 196 Å². The van der Waals surface area contributed by atoms with Crippen LogP contribution in [0.1, 0.15) is 29.2 Å². The Bertz CT molecular complexity index is 1290. The van der Waals surface area contributed by atoms with Crippen molar-refractivity contribution >= 4 is 23.6 Å². The number of nitrogens with zero attached hydrogens (tertiary/aromatic N) is 2. The molecule has 0 fully saturated rings. The van der Waals surface area contributed by atoms with Crippen molar-refractivity contribution in [3.63, 3.8) is 0 Å². The van der Waals surface area contributed by atoms with Crippen LogP contribution in [0.15, 0.2) is 77.4 Å². The van der Waals surface area contributed by atoms with Gasteiger partial charge in [0, 0.05) is 17.7 Å². The van der Waals surface area contributed by atoms with Gasteiger partial charge in [-0.3, -0.25) is 10.1 Å². The monoisotopic (exact) mass is 458 g/mol. The average Bonchev–Trinajstić information content (AvgIpc) is 3.19. The lowest BCUT2D eigenvalue weighted by Gasteiger charge is -2.13. The number of nitro benzene ring substituents is 1. The Kier molecular flexibility index (Phi) is 6.68. The van der Waals surface area contributed by atoms with Gasteiger partial charge in [-0.25, -0.2) is 9.79 Å². The van der Waals surface area contributed by atoms with E-state index in [0.717, 1.165) is 11.1 Å². The lowest BCUT2D eigenvalue weighted by molar-refractivity contribution is -0.384. The van der Waals surface area contributed by atoms with Gasteiger partial charge in [0.1, 0.15) is 6.61 Å². The van der Waals surface area contributed by atoms with Crippen LogP contribution in [0.25, 0.3) is 6.08 Å². The van der Waals surface area contributed by atoms with Crippen molar-refractivity contribution in [3.8, 4) is 11.5 Å². The van der Waals surface area contributed by atoms with E-state index in [2.05, 4.69) is 11.1 Å². The second kappa shape index (κ2) is 9.99. The molecule has 0 amide bonds. The summed E-state index contributed by atoms with van der Waals surface area (Å²) in [5.41, 5.74) is 3.42. The quantitative estimate of drug-likeness (QED) is 0.198. The van der Waals surface area contributed by atoms with Gasteiger partial charge in [-0.15, -0.1) is 0 Å². The summed E-state index contributed by atoms with van der Waals surface area (Å²) in [6.45, 7) is 4.76. The highest BCUT2D eigenvalue weighted by Gasteiger charge is 2.24. The number of ether oxygens (including phenoxy) is 3. The van der Waals surface area contributed by atoms with Crippen LogP contribution < -0.4 is 9.47 Å². The number of hydrogen-bond acceptors (Lipinski definition) is 7. The van der Waals surface area contributed by atoms with E-state index in [1.54, 1.807) is 24.3 Å². The van der Waals surface area contributed by atoms with E-state index < -0.39 is 10.9 Å². The second-order valence-electron chi connectivity index (χ2n) is 7.56. The Hall–Kier alpha value is -4.46. The fraction of sp³-hybridized carbons (Fsp3) is 0.154. The maximum atomic E-state index is 12.3. The summed E-state index contributed by atoms with van der Waals surface area (Å²) in [5, 5.41) is 10.8.